The van der Waals surface area contributed by atoms with Crippen LogP contribution in [0.3, 0.4) is 0 Å². The number of para-hydroxylation sites is 1. The van der Waals surface area contributed by atoms with E-state index < -0.39 is 0 Å². The van der Waals surface area contributed by atoms with Gasteiger partial charge in [0.25, 0.3) is 5.91 Å². The van der Waals surface area contributed by atoms with Crippen molar-refractivity contribution in [2.75, 3.05) is 13.0 Å². The molecule has 0 heterocycles. The highest BCUT2D eigenvalue weighted by Crippen LogP contribution is 2.34. The largest absolute Gasteiger partial charge is 0.504 e. The van der Waals surface area contributed by atoms with Crippen LogP contribution >= 0.6 is 11.6 Å². The summed E-state index contributed by atoms with van der Waals surface area (Å²) in [5.41, 5.74) is -0.154. The van der Waals surface area contributed by atoms with Crippen LogP contribution in [0.15, 0.2) is 18.2 Å². The first kappa shape index (κ1) is 16.0. The third-order valence-corrected chi connectivity index (χ3v) is 4.84. The number of hydrogen-bond donors (Lipinski definition) is 2. The molecule has 1 aromatic carbocycles. The fourth-order valence-electron chi connectivity index (χ4n) is 2.79. The molecule has 2 rings (SSSR count). The number of phenolic OH excluding ortho intramolecular Hbond substituents is 1. The molecular formula is C16H22ClNO3. The summed E-state index contributed by atoms with van der Waals surface area (Å²) in [6.07, 6.45) is 3.84. The van der Waals surface area contributed by atoms with Crippen molar-refractivity contribution in [2.24, 2.45) is 5.92 Å². The minimum Gasteiger partial charge on any atom is -0.504 e. The van der Waals surface area contributed by atoms with Crippen LogP contribution in [0.1, 0.15) is 43.0 Å². The van der Waals surface area contributed by atoms with Crippen molar-refractivity contribution >= 4 is 17.5 Å². The first-order valence-corrected chi connectivity index (χ1v) is 7.79. The van der Waals surface area contributed by atoms with E-state index in [9.17, 15) is 9.90 Å². The van der Waals surface area contributed by atoms with Crippen molar-refractivity contribution in [3.63, 3.8) is 0 Å². The summed E-state index contributed by atoms with van der Waals surface area (Å²) in [5, 5.41) is 13.1. The summed E-state index contributed by atoms with van der Waals surface area (Å²) >= 11 is 6.11. The summed E-state index contributed by atoms with van der Waals surface area (Å²) in [7, 11) is 1.46. The lowest BCUT2D eigenvalue weighted by Gasteiger charge is -2.38. The van der Waals surface area contributed by atoms with Gasteiger partial charge in [-0.25, -0.2) is 0 Å². The highest BCUT2D eigenvalue weighted by Gasteiger charge is 2.35. The molecule has 21 heavy (non-hydrogen) atoms. The molecule has 2 N–H and O–H groups in total. The van der Waals surface area contributed by atoms with Crippen molar-refractivity contribution in [2.45, 2.75) is 38.1 Å². The normalized spacial score (nSPS) is 25.4. The molecule has 1 fully saturated rings. The molecule has 1 aromatic rings. The molecule has 0 aliphatic heterocycles. The topological polar surface area (TPSA) is 58.6 Å². The van der Waals surface area contributed by atoms with Gasteiger partial charge in [0.15, 0.2) is 11.5 Å². The van der Waals surface area contributed by atoms with E-state index in [1.807, 2.05) is 0 Å². The maximum Gasteiger partial charge on any atom is 0.255 e. The number of hydrogen-bond acceptors (Lipinski definition) is 3. The number of amides is 1. The molecule has 116 valence electrons. The second-order valence-corrected chi connectivity index (χ2v) is 6.17. The second-order valence-electron chi connectivity index (χ2n) is 5.91. The SMILES string of the molecule is COc1cccc(C(=O)NC2(CCl)CCC(C)CC2)c1O. The quantitative estimate of drug-likeness (QED) is 0.839. The number of ether oxygens (including phenoxy) is 1. The minimum atomic E-state index is -0.374. The molecule has 0 bridgehead atoms. The molecular weight excluding hydrogens is 290 g/mol. The Kier molecular flexibility index (Phi) is 4.99. The molecule has 1 saturated carbocycles. The predicted octanol–water partition coefficient (Wildman–Crippen LogP) is 3.32. The van der Waals surface area contributed by atoms with Crippen molar-refractivity contribution < 1.29 is 14.6 Å². The number of nitrogens with one attached hydrogen (secondary N) is 1. The zero-order chi connectivity index (χ0) is 15.5. The molecule has 0 saturated heterocycles. The zero-order valence-corrected chi connectivity index (χ0v) is 13.2. The lowest BCUT2D eigenvalue weighted by Crippen LogP contribution is -2.52. The van der Waals surface area contributed by atoms with E-state index >= 15 is 0 Å². The number of rotatable bonds is 4. The number of alkyl halides is 1. The number of benzene rings is 1. The molecule has 1 amide bonds. The molecule has 1 aliphatic rings. The van der Waals surface area contributed by atoms with Gasteiger partial charge in [-0.05, 0) is 43.7 Å². The van der Waals surface area contributed by atoms with Crippen LogP contribution in [-0.4, -0.2) is 29.5 Å². The van der Waals surface area contributed by atoms with Gasteiger partial charge >= 0.3 is 0 Å². The highest BCUT2D eigenvalue weighted by molar-refractivity contribution is 6.19. The van der Waals surface area contributed by atoms with Crippen molar-refractivity contribution in [3.8, 4) is 11.5 Å². The summed E-state index contributed by atoms with van der Waals surface area (Å²) < 4.78 is 5.04. The van der Waals surface area contributed by atoms with E-state index in [2.05, 4.69) is 12.2 Å². The van der Waals surface area contributed by atoms with Gasteiger partial charge in [-0.1, -0.05) is 13.0 Å². The van der Waals surface area contributed by atoms with Crippen LogP contribution in [0.2, 0.25) is 0 Å². The zero-order valence-electron chi connectivity index (χ0n) is 12.5. The van der Waals surface area contributed by atoms with E-state index in [-0.39, 0.29) is 22.8 Å². The molecule has 5 heteroatoms. The predicted molar refractivity (Wildman–Crippen MR) is 83.2 cm³/mol. The number of methoxy groups -OCH3 is 1. The summed E-state index contributed by atoms with van der Waals surface area (Å²) in [6.45, 7) is 2.22. The van der Waals surface area contributed by atoms with Crippen molar-refractivity contribution in [1.82, 2.24) is 5.32 Å². The monoisotopic (exact) mass is 311 g/mol. The summed E-state index contributed by atoms with van der Waals surface area (Å²) in [6, 6.07) is 4.88. The second kappa shape index (κ2) is 6.56. The Morgan fingerprint density at radius 2 is 2.14 bits per heavy atom. The van der Waals surface area contributed by atoms with E-state index in [0.717, 1.165) is 25.7 Å². The van der Waals surface area contributed by atoms with Crippen molar-refractivity contribution in [1.29, 1.82) is 0 Å². The number of aromatic hydroxyl groups is 1. The van der Waals surface area contributed by atoms with E-state index in [1.165, 1.54) is 7.11 Å². The van der Waals surface area contributed by atoms with Gasteiger partial charge in [-0.2, -0.15) is 0 Å². The smallest absolute Gasteiger partial charge is 0.255 e. The fraction of sp³-hybridized carbons (Fsp3) is 0.562. The Hall–Kier alpha value is -1.42. The van der Waals surface area contributed by atoms with E-state index in [4.69, 9.17) is 16.3 Å². The third-order valence-electron chi connectivity index (χ3n) is 4.33. The van der Waals surface area contributed by atoms with Crippen molar-refractivity contribution in [3.05, 3.63) is 23.8 Å². The van der Waals surface area contributed by atoms with E-state index in [0.29, 0.717) is 17.5 Å². The fourth-order valence-corrected chi connectivity index (χ4v) is 3.12. The van der Waals surface area contributed by atoms with Crippen LogP contribution < -0.4 is 10.1 Å². The Morgan fingerprint density at radius 3 is 2.71 bits per heavy atom. The highest BCUT2D eigenvalue weighted by atomic mass is 35.5. The Balaban J connectivity index is 2.17. The Morgan fingerprint density at radius 1 is 1.48 bits per heavy atom. The number of carbonyl (C=O) groups is 1. The molecule has 0 unspecified atom stereocenters. The maximum absolute atomic E-state index is 12.5. The molecule has 0 spiro atoms. The Labute approximate surface area is 130 Å². The van der Waals surface area contributed by atoms with E-state index in [1.54, 1.807) is 18.2 Å². The van der Waals surface area contributed by atoms with Gasteiger partial charge in [0.2, 0.25) is 0 Å². The molecule has 4 nitrogen and oxygen atoms in total. The average Bonchev–Trinajstić information content (AvgIpc) is 2.50. The van der Waals surface area contributed by atoms with Crippen LogP contribution in [0.25, 0.3) is 0 Å². The van der Waals surface area contributed by atoms with Crippen LogP contribution in [-0.2, 0) is 0 Å². The standard InChI is InChI=1S/C16H22ClNO3/c1-11-6-8-16(10-17,9-7-11)18-15(20)12-4-3-5-13(21-2)14(12)19/h3-5,11,19H,6-10H2,1-2H3,(H,18,20). The Bertz CT molecular complexity index is 510. The average molecular weight is 312 g/mol. The molecule has 0 radical (unpaired) electrons. The third kappa shape index (κ3) is 3.43. The van der Waals surface area contributed by atoms with Gasteiger partial charge in [0.05, 0.1) is 18.2 Å². The van der Waals surface area contributed by atoms with Gasteiger partial charge in [0, 0.05) is 5.88 Å². The summed E-state index contributed by atoms with van der Waals surface area (Å²) in [5.74, 6) is 0.909. The number of phenols is 1. The van der Waals surface area contributed by atoms with Crippen LogP contribution in [0, 0.1) is 5.92 Å². The van der Waals surface area contributed by atoms with Gasteiger partial charge in [-0.15, -0.1) is 11.6 Å². The van der Waals surface area contributed by atoms with Gasteiger partial charge in [0.1, 0.15) is 0 Å². The summed E-state index contributed by atoms with van der Waals surface area (Å²) in [4.78, 5) is 12.5. The molecule has 0 atom stereocenters. The first-order valence-electron chi connectivity index (χ1n) is 7.26. The minimum absolute atomic E-state index is 0.133. The molecule has 1 aliphatic carbocycles. The lowest BCUT2D eigenvalue weighted by atomic mass is 9.78. The molecule has 0 aromatic heterocycles. The van der Waals surface area contributed by atoms with Crippen LogP contribution in [0.5, 0.6) is 11.5 Å². The van der Waals surface area contributed by atoms with Crippen LogP contribution in [0.4, 0.5) is 0 Å². The first-order chi connectivity index (χ1) is 10.0. The van der Waals surface area contributed by atoms with Gasteiger partial charge < -0.3 is 15.2 Å². The van der Waals surface area contributed by atoms with Gasteiger partial charge in [-0.3, -0.25) is 4.79 Å². The maximum atomic E-state index is 12.5. The number of carbonyl (C=O) groups excluding carboxylic acids is 1. The number of halogens is 1. The lowest BCUT2D eigenvalue weighted by molar-refractivity contribution is 0.0869.